The van der Waals surface area contributed by atoms with E-state index in [9.17, 15) is 0 Å². The van der Waals surface area contributed by atoms with Crippen molar-refractivity contribution < 1.29 is 9.47 Å². The van der Waals surface area contributed by atoms with Gasteiger partial charge in [0.2, 0.25) is 5.95 Å². The average molecular weight is 448 g/mol. The number of nitrogens with zero attached hydrogens (tertiary/aromatic N) is 4. The Bertz CT molecular complexity index is 800. The van der Waals surface area contributed by atoms with E-state index < -0.39 is 0 Å². The maximum absolute atomic E-state index is 6.31. The molecule has 2 fully saturated rings. The first kappa shape index (κ1) is 21.8. The molecule has 0 aromatic carbocycles. The summed E-state index contributed by atoms with van der Waals surface area (Å²) in [6, 6.07) is 2.30. The zero-order valence-corrected chi connectivity index (χ0v) is 18.4. The normalized spacial score (nSPS) is 21.0. The fourth-order valence-corrected chi connectivity index (χ4v) is 5.59. The van der Waals surface area contributed by atoms with Crippen molar-refractivity contribution in [3.63, 3.8) is 0 Å². The molecule has 0 aliphatic carbocycles. The van der Waals surface area contributed by atoms with Crippen molar-refractivity contribution in [2.24, 2.45) is 7.05 Å². The van der Waals surface area contributed by atoms with E-state index in [1.165, 1.54) is 10.4 Å². The first-order valence-electron chi connectivity index (χ1n) is 9.47. The summed E-state index contributed by atoms with van der Waals surface area (Å²) in [5.41, 5.74) is 1.34. The molecule has 0 unspecified atom stereocenters. The second-order valence-corrected chi connectivity index (χ2v) is 8.32. The van der Waals surface area contributed by atoms with Crippen LogP contribution in [-0.2, 0) is 28.5 Å². The number of aryl methyl sites for hydroxylation is 1. The van der Waals surface area contributed by atoms with Crippen LogP contribution in [0.1, 0.15) is 23.3 Å². The molecule has 1 spiro atoms. The third kappa shape index (κ3) is 3.78. The van der Waals surface area contributed by atoms with Crippen molar-refractivity contribution in [3.8, 4) is 10.7 Å². The van der Waals surface area contributed by atoms with Gasteiger partial charge in [-0.25, -0.2) is 4.68 Å². The topological polar surface area (TPSA) is 64.4 Å². The smallest absolute Gasteiger partial charge is 0.224 e. The molecule has 7 nitrogen and oxygen atoms in total. The number of halogens is 2. The maximum atomic E-state index is 6.31. The molecular weight excluding hydrogens is 421 g/mol. The minimum atomic E-state index is -0.0937. The standard InChI is InChI=1S/C18H25N5O2S.2ClH/c1-22-17(23-7-10-24-11-8-23)20-16(21-22)14-12-13-2-9-25-18(15(13)26-14)3-5-19-6-4-18;;/h12,19H,2-11H2,1H3;2*1H. The van der Waals surface area contributed by atoms with Gasteiger partial charge in [-0.3, -0.25) is 0 Å². The van der Waals surface area contributed by atoms with Crippen LogP contribution in [0.3, 0.4) is 0 Å². The monoisotopic (exact) mass is 447 g/mol. The molecule has 2 saturated heterocycles. The van der Waals surface area contributed by atoms with Gasteiger partial charge in [0.05, 0.1) is 24.7 Å². The van der Waals surface area contributed by atoms with Gasteiger partial charge < -0.3 is 19.7 Å². The molecule has 0 saturated carbocycles. The number of hydrogen-bond acceptors (Lipinski definition) is 7. The number of piperidine rings is 1. The van der Waals surface area contributed by atoms with Gasteiger partial charge in [-0.2, -0.15) is 4.98 Å². The number of fused-ring (bicyclic) bond motifs is 2. The second-order valence-electron chi connectivity index (χ2n) is 7.27. The fraction of sp³-hybridized carbons (Fsp3) is 0.667. The van der Waals surface area contributed by atoms with Crippen LogP contribution in [0.25, 0.3) is 10.7 Å². The lowest BCUT2D eigenvalue weighted by atomic mass is 9.86. The number of nitrogens with one attached hydrogen (secondary N) is 1. The molecule has 5 heterocycles. The summed E-state index contributed by atoms with van der Waals surface area (Å²) in [6.45, 7) is 6.11. The summed E-state index contributed by atoms with van der Waals surface area (Å²) < 4.78 is 13.7. The van der Waals surface area contributed by atoms with Crippen molar-refractivity contribution in [2.45, 2.75) is 24.9 Å². The van der Waals surface area contributed by atoms with Gasteiger partial charge >= 0.3 is 0 Å². The number of rotatable bonds is 2. The number of ether oxygens (including phenoxy) is 2. The van der Waals surface area contributed by atoms with Crippen LogP contribution in [0.5, 0.6) is 0 Å². The lowest BCUT2D eigenvalue weighted by Gasteiger charge is -2.40. The Kier molecular flexibility index (Phi) is 6.89. The van der Waals surface area contributed by atoms with Crippen molar-refractivity contribution in [1.82, 2.24) is 20.1 Å². The molecule has 3 aliphatic heterocycles. The van der Waals surface area contributed by atoms with Crippen LogP contribution in [0.4, 0.5) is 5.95 Å². The molecule has 156 valence electrons. The van der Waals surface area contributed by atoms with Crippen molar-refractivity contribution >= 4 is 42.1 Å². The molecule has 28 heavy (non-hydrogen) atoms. The maximum Gasteiger partial charge on any atom is 0.224 e. The first-order valence-corrected chi connectivity index (χ1v) is 10.3. The number of hydrogen-bond donors (Lipinski definition) is 1. The van der Waals surface area contributed by atoms with Gasteiger partial charge in [0, 0.05) is 25.0 Å². The average Bonchev–Trinajstić information content (AvgIpc) is 3.28. The first-order chi connectivity index (χ1) is 12.8. The van der Waals surface area contributed by atoms with E-state index >= 15 is 0 Å². The van der Waals surface area contributed by atoms with Crippen molar-refractivity contribution in [3.05, 3.63) is 16.5 Å². The predicted octanol–water partition coefficient (Wildman–Crippen LogP) is 2.38. The van der Waals surface area contributed by atoms with Gasteiger partial charge in [-0.15, -0.1) is 41.2 Å². The second kappa shape index (κ2) is 8.85. The lowest BCUT2D eigenvalue weighted by molar-refractivity contribution is -0.0771. The van der Waals surface area contributed by atoms with Crippen LogP contribution in [0, 0.1) is 0 Å². The van der Waals surface area contributed by atoms with E-state index in [0.29, 0.717) is 0 Å². The number of anilines is 1. The predicted molar refractivity (Wildman–Crippen MR) is 115 cm³/mol. The molecule has 1 N–H and O–H groups in total. The third-order valence-electron chi connectivity index (χ3n) is 5.64. The highest BCUT2D eigenvalue weighted by atomic mass is 35.5. The molecule has 2 aromatic rings. The minimum absolute atomic E-state index is 0. The molecule has 0 atom stereocenters. The van der Waals surface area contributed by atoms with Gasteiger partial charge in [-0.1, -0.05) is 0 Å². The molecular formula is C18H27Cl2N5O2S. The molecule has 0 amide bonds. The van der Waals surface area contributed by atoms with Crippen molar-refractivity contribution in [1.29, 1.82) is 0 Å². The third-order valence-corrected chi connectivity index (χ3v) is 7.00. The van der Waals surface area contributed by atoms with Gasteiger partial charge in [0.1, 0.15) is 5.60 Å². The summed E-state index contributed by atoms with van der Waals surface area (Å²) in [4.78, 5) is 9.68. The Morgan fingerprint density at radius 3 is 2.64 bits per heavy atom. The molecule has 2 aromatic heterocycles. The number of aromatic nitrogens is 3. The quantitative estimate of drug-likeness (QED) is 0.761. The zero-order valence-electron chi connectivity index (χ0n) is 16.0. The molecule has 0 radical (unpaired) electrons. The Labute approximate surface area is 181 Å². The van der Waals surface area contributed by atoms with Crippen LogP contribution in [0.15, 0.2) is 6.07 Å². The van der Waals surface area contributed by atoms with Gasteiger partial charge in [-0.05, 0) is 44.0 Å². The van der Waals surface area contributed by atoms with Crippen LogP contribution in [0.2, 0.25) is 0 Å². The van der Waals surface area contributed by atoms with E-state index in [0.717, 1.165) is 81.9 Å². The highest BCUT2D eigenvalue weighted by molar-refractivity contribution is 7.15. The number of morpholine rings is 1. The molecule has 3 aliphatic rings. The molecule has 5 rings (SSSR count). The van der Waals surface area contributed by atoms with Crippen LogP contribution >= 0.6 is 36.2 Å². The molecule has 0 bridgehead atoms. The highest BCUT2D eigenvalue weighted by Crippen LogP contribution is 2.46. The van der Waals surface area contributed by atoms with E-state index in [1.54, 1.807) is 0 Å². The zero-order chi connectivity index (χ0) is 17.6. The lowest BCUT2D eigenvalue weighted by Crippen LogP contribution is -2.43. The Balaban J connectivity index is 0.00000112. The van der Waals surface area contributed by atoms with E-state index in [4.69, 9.17) is 19.6 Å². The highest BCUT2D eigenvalue weighted by Gasteiger charge is 2.41. The van der Waals surface area contributed by atoms with Crippen LogP contribution < -0.4 is 10.2 Å². The summed E-state index contributed by atoms with van der Waals surface area (Å²) >= 11 is 1.83. The Hall–Kier alpha value is -0.900. The van der Waals surface area contributed by atoms with Gasteiger partial charge in [0.25, 0.3) is 0 Å². The summed E-state index contributed by atoms with van der Waals surface area (Å²) in [7, 11) is 1.98. The fourth-order valence-electron chi connectivity index (χ4n) is 4.25. The van der Waals surface area contributed by atoms with E-state index in [2.05, 4.69) is 16.3 Å². The summed E-state index contributed by atoms with van der Waals surface area (Å²) in [6.07, 6.45) is 3.09. The van der Waals surface area contributed by atoms with Crippen molar-refractivity contribution in [2.75, 3.05) is 50.9 Å². The minimum Gasteiger partial charge on any atom is -0.378 e. The van der Waals surface area contributed by atoms with E-state index in [1.807, 2.05) is 23.1 Å². The Morgan fingerprint density at radius 2 is 1.89 bits per heavy atom. The van der Waals surface area contributed by atoms with E-state index in [-0.39, 0.29) is 30.4 Å². The summed E-state index contributed by atoms with van der Waals surface area (Å²) in [5, 5.41) is 8.17. The van der Waals surface area contributed by atoms with Crippen LogP contribution in [-0.4, -0.2) is 60.8 Å². The summed E-state index contributed by atoms with van der Waals surface area (Å²) in [5.74, 6) is 1.76. The SMILES string of the molecule is Cl.Cl.Cn1nc(-c2cc3c(s2)C2(CCNCC2)OCC3)nc1N1CCOCC1. The largest absolute Gasteiger partial charge is 0.378 e. The Morgan fingerprint density at radius 1 is 1.14 bits per heavy atom. The van der Waals surface area contributed by atoms with Gasteiger partial charge in [0.15, 0.2) is 5.82 Å². The number of thiophene rings is 1. The molecule has 10 heteroatoms.